The summed E-state index contributed by atoms with van der Waals surface area (Å²) in [6, 6.07) is 11.6. The summed E-state index contributed by atoms with van der Waals surface area (Å²) in [6.07, 6.45) is 1.74. The molecular weight excluding hydrogens is 240 g/mol. The van der Waals surface area contributed by atoms with Crippen LogP contribution in [0.3, 0.4) is 0 Å². The van der Waals surface area contributed by atoms with Crippen LogP contribution in [0.4, 0.5) is 5.82 Å². The first-order chi connectivity index (χ1) is 9.24. The number of nitrogens with zero attached hydrogens (tertiary/aromatic N) is 2. The summed E-state index contributed by atoms with van der Waals surface area (Å²) >= 11 is 0. The van der Waals surface area contributed by atoms with Gasteiger partial charge in [-0.25, -0.2) is 4.98 Å². The first-order valence-electron chi connectivity index (χ1n) is 6.13. The van der Waals surface area contributed by atoms with E-state index in [4.69, 9.17) is 4.74 Å². The molecule has 2 rings (SSSR count). The number of methoxy groups -OCH3 is 1. The van der Waals surface area contributed by atoms with Gasteiger partial charge < -0.3 is 14.7 Å². The maximum atomic E-state index is 9.32. The molecule has 0 unspecified atom stereocenters. The summed E-state index contributed by atoms with van der Waals surface area (Å²) in [5.74, 6) is 1.65. The van der Waals surface area contributed by atoms with E-state index in [0.29, 0.717) is 0 Å². The molecule has 0 aliphatic heterocycles. The molecule has 0 saturated carbocycles. The molecule has 0 spiro atoms. The molecule has 1 aromatic heterocycles. The maximum absolute atomic E-state index is 9.32. The van der Waals surface area contributed by atoms with Crippen molar-refractivity contribution in [1.29, 1.82) is 0 Å². The number of ether oxygens (including phenoxy) is 1. The Hall–Kier alpha value is -2.07. The lowest BCUT2D eigenvalue weighted by Crippen LogP contribution is -2.19. The van der Waals surface area contributed by atoms with E-state index in [-0.39, 0.29) is 6.61 Å². The van der Waals surface area contributed by atoms with E-state index in [1.54, 1.807) is 13.3 Å². The highest BCUT2D eigenvalue weighted by Crippen LogP contribution is 2.19. The molecule has 0 fully saturated rings. The Bertz CT molecular complexity index is 526. The largest absolute Gasteiger partial charge is 0.497 e. The third-order valence-electron chi connectivity index (χ3n) is 2.98. The molecule has 4 heteroatoms. The van der Waals surface area contributed by atoms with Crippen LogP contribution in [0.5, 0.6) is 5.75 Å². The zero-order valence-electron chi connectivity index (χ0n) is 11.2. The summed E-state index contributed by atoms with van der Waals surface area (Å²) < 4.78 is 5.14. The Balaban J connectivity index is 2.13. The summed E-state index contributed by atoms with van der Waals surface area (Å²) in [5.41, 5.74) is 2.00. The minimum Gasteiger partial charge on any atom is -0.497 e. The van der Waals surface area contributed by atoms with Gasteiger partial charge in [0.05, 0.1) is 13.7 Å². The first-order valence-corrected chi connectivity index (χ1v) is 6.13. The Labute approximate surface area is 113 Å². The highest BCUT2D eigenvalue weighted by molar-refractivity contribution is 5.46. The molecule has 100 valence electrons. The molecule has 0 bridgehead atoms. The lowest BCUT2D eigenvalue weighted by Gasteiger charge is -2.20. The first kappa shape index (κ1) is 13.4. The Morgan fingerprint density at radius 1 is 1.21 bits per heavy atom. The zero-order valence-corrected chi connectivity index (χ0v) is 11.2. The van der Waals surface area contributed by atoms with Crippen LogP contribution in [-0.4, -0.2) is 24.2 Å². The molecule has 2 aromatic rings. The molecule has 0 amide bonds. The molecule has 4 nitrogen and oxygen atoms in total. The zero-order chi connectivity index (χ0) is 13.7. The number of benzene rings is 1. The van der Waals surface area contributed by atoms with E-state index in [9.17, 15) is 5.11 Å². The molecule has 0 radical (unpaired) electrons. The van der Waals surface area contributed by atoms with Crippen LogP contribution in [0.2, 0.25) is 0 Å². The van der Waals surface area contributed by atoms with Crippen LogP contribution in [0.1, 0.15) is 11.1 Å². The molecule has 0 atom stereocenters. The van der Waals surface area contributed by atoms with Gasteiger partial charge in [0.25, 0.3) is 0 Å². The predicted octanol–water partition coefficient (Wildman–Crippen LogP) is 2.22. The van der Waals surface area contributed by atoms with Gasteiger partial charge in [-0.1, -0.05) is 18.2 Å². The highest BCUT2D eigenvalue weighted by Gasteiger charge is 2.08. The second-order valence-corrected chi connectivity index (χ2v) is 4.35. The van der Waals surface area contributed by atoms with Crippen molar-refractivity contribution in [3.8, 4) is 5.75 Å². The van der Waals surface area contributed by atoms with Crippen LogP contribution >= 0.6 is 0 Å². The van der Waals surface area contributed by atoms with E-state index in [1.165, 1.54) is 0 Å². The summed E-state index contributed by atoms with van der Waals surface area (Å²) in [7, 11) is 3.62. The van der Waals surface area contributed by atoms with Crippen molar-refractivity contribution in [2.45, 2.75) is 13.2 Å². The van der Waals surface area contributed by atoms with Crippen LogP contribution < -0.4 is 9.64 Å². The molecule has 0 aliphatic rings. The number of aromatic nitrogens is 1. The quantitative estimate of drug-likeness (QED) is 0.893. The van der Waals surface area contributed by atoms with Crippen molar-refractivity contribution in [1.82, 2.24) is 4.98 Å². The highest BCUT2D eigenvalue weighted by atomic mass is 16.5. The van der Waals surface area contributed by atoms with Gasteiger partial charge >= 0.3 is 0 Å². The number of rotatable bonds is 5. The number of aliphatic hydroxyl groups is 1. The molecule has 19 heavy (non-hydrogen) atoms. The van der Waals surface area contributed by atoms with E-state index in [1.807, 2.05) is 48.3 Å². The van der Waals surface area contributed by atoms with Gasteiger partial charge in [-0.05, 0) is 23.8 Å². The van der Waals surface area contributed by atoms with E-state index < -0.39 is 0 Å². The number of aliphatic hydroxyl groups excluding tert-OH is 1. The SMILES string of the molecule is COc1ccc(CN(C)c2ncccc2CO)cc1. The van der Waals surface area contributed by atoms with Crippen LogP contribution in [-0.2, 0) is 13.2 Å². The van der Waals surface area contributed by atoms with E-state index in [2.05, 4.69) is 4.98 Å². The van der Waals surface area contributed by atoms with Crippen LogP contribution in [0.25, 0.3) is 0 Å². The molecule has 0 saturated heterocycles. The van der Waals surface area contributed by atoms with Gasteiger partial charge in [0, 0.05) is 25.4 Å². The van der Waals surface area contributed by atoms with Crippen molar-refractivity contribution < 1.29 is 9.84 Å². The van der Waals surface area contributed by atoms with Gasteiger partial charge in [-0.2, -0.15) is 0 Å². The fourth-order valence-electron chi connectivity index (χ4n) is 1.98. The van der Waals surface area contributed by atoms with E-state index in [0.717, 1.165) is 29.2 Å². The summed E-state index contributed by atoms with van der Waals surface area (Å²) in [5, 5.41) is 9.32. The Morgan fingerprint density at radius 3 is 2.58 bits per heavy atom. The monoisotopic (exact) mass is 258 g/mol. The minimum atomic E-state index is -0.00384. The predicted molar refractivity (Wildman–Crippen MR) is 75.3 cm³/mol. The lowest BCUT2D eigenvalue weighted by atomic mass is 10.2. The number of hydrogen-bond donors (Lipinski definition) is 1. The number of pyridine rings is 1. The Morgan fingerprint density at radius 2 is 1.95 bits per heavy atom. The van der Waals surface area contributed by atoms with Crippen LogP contribution in [0, 0.1) is 0 Å². The molecule has 1 heterocycles. The van der Waals surface area contributed by atoms with Crippen molar-refractivity contribution >= 4 is 5.82 Å². The average molecular weight is 258 g/mol. The minimum absolute atomic E-state index is 0.00384. The average Bonchev–Trinajstić information content (AvgIpc) is 2.48. The topological polar surface area (TPSA) is 45.6 Å². The van der Waals surface area contributed by atoms with E-state index >= 15 is 0 Å². The maximum Gasteiger partial charge on any atom is 0.134 e. The van der Waals surface area contributed by atoms with Gasteiger partial charge in [0.15, 0.2) is 0 Å². The third kappa shape index (κ3) is 3.23. The molecular formula is C15H18N2O2. The fraction of sp³-hybridized carbons (Fsp3) is 0.267. The fourth-order valence-corrected chi connectivity index (χ4v) is 1.98. The molecule has 1 N–H and O–H groups in total. The number of anilines is 1. The van der Waals surface area contributed by atoms with Crippen molar-refractivity contribution in [3.63, 3.8) is 0 Å². The second-order valence-electron chi connectivity index (χ2n) is 4.35. The summed E-state index contributed by atoms with van der Waals surface area (Å²) in [4.78, 5) is 6.34. The van der Waals surface area contributed by atoms with Gasteiger partial charge in [-0.3, -0.25) is 0 Å². The smallest absolute Gasteiger partial charge is 0.134 e. The van der Waals surface area contributed by atoms with Crippen molar-refractivity contribution in [3.05, 3.63) is 53.7 Å². The summed E-state index contributed by atoms with van der Waals surface area (Å²) in [6.45, 7) is 0.726. The molecule has 0 aliphatic carbocycles. The number of hydrogen-bond acceptors (Lipinski definition) is 4. The standard InChI is InChI=1S/C15H18N2O2/c1-17(15-13(11-18)4-3-9-16-15)10-12-5-7-14(19-2)8-6-12/h3-9,18H,10-11H2,1-2H3. The van der Waals surface area contributed by atoms with Gasteiger partial charge in [0.1, 0.15) is 11.6 Å². The third-order valence-corrected chi connectivity index (χ3v) is 2.98. The van der Waals surface area contributed by atoms with Crippen LogP contribution in [0.15, 0.2) is 42.6 Å². The van der Waals surface area contributed by atoms with Gasteiger partial charge in [0.2, 0.25) is 0 Å². The lowest BCUT2D eigenvalue weighted by molar-refractivity contribution is 0.281. The second kappa shape index (κ2) is 6.20. The Kier molecular flexibility index (Phi) is 4.36. The van der Waals surface area contributed by atoms with Crippen molar-refractivity contribution in [2.75, 3.05) is 19.1 Å². The normalized spacial score (nSPS) is 10.3. The molecule has 1 aromatic carbocycles. The van der Waals surface area contributed by atoms with Gasteiger partial charge in [-0.15, -0.1) is 0 Å². The van der Waals surface area contributed by atoms with Crippen molar-refractivity contribution in [2.24, 2.45) is 0 Å².